The Kier molecular flexibility index (Phi) is 4.94. The predicted octanol–water partition coefficient (Wildman–Crippen LogP) is 5.33. The van der Waals surface area contributed by atoms with Crippen molar-refractivity contribution < 1.29 is 4.39 Å². The third-order valence-electron chi connectivity index (χ3n) is 5.92. The Labute approximate surface area is 173 Å². The summed E-state index contributed by atoms with van der Waals surface area (Å²) in [5, 5.41) is 1.67. The molecule has 3 heterocycles. The van der Waals surface area contributed by atoms with Crippen molar-refractivity contribution in [2.75, 3.05) is 19.6 Å². The fourth-order valence-corrected chi connectivity index (χ4v) is 4.55. The molecule has 0 atom stereocenters. The lowest BCUT2D eigenvalue weighted by atomic mass is 9.87. The molecule has 1 aliphatic heterocycles. The van der Waals surface area contributed by atoms with Crippen molar-refractivity contribution in [1.29, 1.82) is 0 Å². The summed E-state index contributed by atoms with van der Waals surface area (Å²) in [4.78, 5) is 14.9. The first-order valence-electron chi connectivity index (χ1n) is 10.1. The van der Waals surface area contributed by atoms with Gasteiger partial charge in [-0.1, -0.05) is 11.6 Å². The zero-order chi connectivity index (χ0) is 19.8. The Bertz CT molecular complexity index is 1160. The van der Waals surface area contributed by atoms with Crippen LogP contribution in [0, 0.1) is 5.82 Å². The summed E-state index contributed by atoms with van der Waals surface area (Å²) in [6, 6.07) is 12.7. The molecule has 2 aromatic carbocycles. The summed E-state index contributed by atoms with van der Waals surface area (Å²) >= 11 is 6.06. The van der Waals surface area contributed by atoms with Gasteiger partial charge < -0.3 is 9.88 Å². The lowest BCUT2D eigenvalue weighted by Gasteiger charge is -2.32. The van der Waals surface area contributed by atoms with Crippen LogP contribution in [0.1, 0.15) is 30.1 Å². The number of nitrogens with zero attached hydrogens (tertiary/aromatic N) is 3. The zero-order valence-electron chi connectivity index (χ0n) is 16.0. The maximum Gasteiger partial charge on any atom is 0.123 e. The molecule has 0 bridgehead atoms. The van der Waals surface area contributed by atoms with Crippen LogP contribution >= 0.6 is 11.6 Å². The third kappa shape index (κ3) is 3.85. The average Bonchev–Trinajstić information content (AvgIpc) is 3.14. The maximum atomic E-state index is 13.8. The number of rotatable bonds is 4. The number of pyridine rings is 1. The van der Waals surface area contributed by atoms with Crippen LogP contribution in [0.15, 0.2) is 48.7 Å². The molecule has 0 spiro atoms. The highest BCUT2D eigenvalue weighted by Gasteiger charge is 2.22. The minimum atomic E-state index is -0.198. The quantitative estimate of drug-likeness (QED) is 0.496. The summed E-state index contributed by atoms with van der Waals surface area (Å²) in [7, 11) is 0. The number of imidazole rings is 1. The highest BCUT2D eigenvalue weighted by atomic mass is 35.5. The first kappa shape index (κ1) is 18.5. The SMILES string of the molecule is Fc1ccc2nccc(C3CCN(CCc4nc5ccc(Cl)cc5[nH]4)CC3)c2c1. The van der Waals surface area contributed by atoms with Gasteiger partial charge in [0.2, 0.25) is 0 Å². The number of piperidine rings is 1. The van der Waals surface area contributed by atoms with E-state index >= 15 is 0 Å². The van der Waals surface area contributed by atoms with E-state index in [1.54, 1.807) is 12.1 Å². The average molecular weight is 409 g/mol. The highest BCUT2D eigenvalue weighted by Crippen LogP contribution is 2.32. The summed E-state index contributed by atoms with van der Waals surface area (Å²) < 4.78 is 13.8. The second-order valence-corrected chi connectivity index (χ2v) is 8.21. The van der Waals surface area contributed by atoms with E-state index < -0.39 is 0 Å². The van der Waals surface area contributed by atoms with Gasteiger partial charge in [0.25, 0.3) is 0 Å². The number of nitrogens with one attached hydrogen (secondary N) is 1. The molecule has 1 fully saturated rings. The number of hydrogen-bond acceptors (Lipinski definition) is 3. The van der Waals surface area contributed by atoms with E-state index in [0.29, 0.717) is 5.92 Å². The minimum Gasteiger partial charge on any atom is -0.342 e. The largest absolute Gasteiger partial charge is 0.342 e. The summed E-state index contributed by atoms with van der Waals surface area (Å²) in [5.74, 6) is 1.25. The van der Waals surface area contributed by atoms with Crippen molar-refractivity contribution >= 4 is 33.5 Å². The second-order valence-electron chi connectivity index (χ2n) is 7.77. The fraction of sp³-hybridized carbons (Fsp3) is 0.304. The van der Waals surface area contributed by atoms with Gasteiger partial charge in [0, 0.05) is 29.6 Å². The van der Waals surface area contributed by atoms with Crippen molar-refractivity contribution in [1.82, 2.24) is 19.9 Å². The molecule has 1 N–H and O–H groups in total. The molecule has 1 saturated heterocycles. The van der Waals surface area contributed by atoms with Gasteiger partial charge in [0.15, 0.2) is 0 Å². The van der Waals surface area contributed by atoms with E-state index in [4.69, 9.17) is 11.6 Å². The van der Waals surface area contributed by atoms with Crippen LogP contribution in [-0.4, -0.2) is 39.5 Å². The number of hydrogen-bond donors (Lipinski definition) is 1. The number of aromatic nitrogens is 3. The van der Waals surface area contributed by atoms with Crippen molar-refractivity contribution in [3.05, 3.63) is 70.9 Å². The van der Waals surface area contributed by atoms with Crippen molar-refractivity contribution in [3.8, 4) is 0 Å². The van der Waals surface area contributed by atoms with Crippen LogP contribution in [0.4, 0.5) is 4.39 Å². The standard InChI is InChI=1S/C23H22ClFN4/c24-16-1-3-21-22(13-16)28-23(27-21)8-12-29-10-6-15(7-11-29)18-5-9-26-20-4-2-17(25)14-19(18)20/h1-5,9,13-15H,6-8,10-12H2,(H,27,28). The molecule has 4 nitrogen and oxygen atoms in total. The van der Waals surface area contributed by atoms with Gasteiger partial charge in [0.1, 0.15) is 11.6 Å². The number of halogens is 2. The van der Waals surface area contributed by atoms with Crippen LogP contribution in [0.2, 0.25) is 5.02 Å². The molecule has 4 aromatic rings. The van der Waals surface area contributed by atoms with Crippen LogP contribution in [0.5, 0.6) is 0 Å². The minimum absolute atomic E-state index is 0.198. The van der Waals surface area contributed by atoms with Crippen molar-refractivity contribution in [2.45, 2.75) is 25.2 Å². The lowest BCUT2D eigenvalue weighted by Crippen LogP contribution is -2.34. The first-order valence-corrected chi connectivity index (χ1v) is 10.4. The molecule has 1 aliphatic rings. The Morgan fingerprint density at radius 1 is 1.07 bits per heavy atom. The van der Waals surface area contributed by atoms with E-state index in [-0.39, 0.29) is 5.82 Å². The molecule has 29 heavy (non-hydrogen) atoms. The molecule has 0 saturated carbocycles. The number of H-pyrrole nitrogens is 1. The van der Waals surface area contributed by atoms with Gasteiger partial charge in [-0.2, -0.15) is 0 Å². The Hall–Kier alpha value is -2.50. The van der Waals surface area contributed by atoms with Crippen LogP contribution in [0.25, 0.3) is 21.9 Å². The van der Waals surface area contributed by atoms with E-state index in [1.165, 1.54) is 11.6 Å². The molecular formula is C23H22ClFN4. The predicted molar refractivity (Wildman–Crippen MR) is 115 cm³/mol. The maximum absolute atomic E-state index is 13.8. The van der Waals surface area contributed by atoms with Crippen LogP contribution < -0.4 is 0 Å². The first-order chi connectivity index (χ1) is 14.2. The zero-order valence-corrected chi connectivity index (χ0v) is 16.8. The Balaban J connectivity index is 1.23. The number of likely N-dealkylation sites (tertiary alicyclic amines) is 1. The number of fused-ring (bicyclic) bond motifs is 2. The van der Waals surface area contributed by atoms with E-state index in [0.717, 1.165) is 71.7 Å². The van der Waals surface area contributed by atoms with Gasteiger partial charge in [-0.05, 0) is 79.9 Å². The van der Waals surface area contributed by atoms with Gasteiger partial charge in [-0.25, -0.2) is 9.37 Å². The molecule has 0 aliphatic carbocycles. The van der Waals surface area contributed by atoms with Crippen molar-refractivity contribution in [2.24, 2.45) is 0 Å². The van der Waals surface area contributed by atoms with E-state index in [1.807, 2.05) is 24.4 Å². The van der Waals surface area contributed by atoms with Gasteiger partial charge in [0.05, 0.1) is 16.6 Å². The van der Waals surface area contributed by atoms with Crippen LogP contribution in [0.3, 0.4) is 0 Å². The Morgan fingerprint density at radius 3 is 2.76 bits per heavy atom. The lowest BCUT2D eigenvalue weighted by molar-refractivity contribution is 0.214. The van der Waals surface area contributed by atoms with E-state index in [9.17, 15) is 4.39 Å². The molecular weight excluding hydrogens is 387 g/mol. The molecule has 2 aromatic heterocycles. The molecule has 0 unspecified atom stereocenters. The fourth-order valence-electron chi connectivity index (χ4n) is 4.38. The normalized spacial score (nSPS) is 16.1. The second kappa shape index (κ2) is 7.73. The third-order valence-corrected chi connectivity index (χ3v) is 6.16. The summed E-state index contributed by atoms with van der Waals surface area (Å²) in [6.07, 6.45) is 4.88. The highest BCUT2D eigenvalue weighted by molar-refractivity contribution is 6.31. The van der Waals surface area contributed by atoms with Gasteiger partial charge in [-0.3, -0.25) is 4.98 Å². The number of benzene rings is 2. The molecule has 0 radical (unpaired) electrons. The van der Waals surface area contributed by atoms with Crippen LogP contribution in [-0.2, 0) is 6.42 Å². The number of aromatic amines is 1. The topological polar surface area (TPSA) is 44.8 Å². The smallest absolute Gasteiger partial charge is 0.123 e. The molecule has 6 heteroatoms. The summed E-state index contributed by atoms with van der Waals surface area (Å²) in [5.41, 5.74) is 4.04. The van der Waals surface area contributed by atoms with Gasteiger partial charge in [-0.15, -0.1) is 0 Å². The Morgan fingerprint density at radius 2 is 1.90 bits per heavy atom. The van der Waals surface area contributed by atoms with Crippen molar-refractivity contribution in [3.63, 3.8) is 0 Å². The summed E-state index contributed by atoms with van der Waals surface area (Å²) in [6.45, 7) is 3.05. The van der Waals surface area contributed by atoms with E-state index in [2.05, 4.69) is 25.9 Å². The van der Waals surface area contributed by atoms with Gasteiger partial charge >= 0.3 is 0 Å². The molecule has 0 amide bonds. The molecule has 148 valence electrons. The monoisotopic (exact) mass is 408 g/mol. The molecule has 5 rings (SSSR count).